The first-order chi connectivity index (χ1) is 7.31. The topological polar surface area (TPSA) is 34.2 Å². The molecule has 1 atom stereocenters. The highest BCUT2D eigenvalue weighted by atomic mass is 16.5. The second-order valence-electron chi connectivity index (χ2n) is 3.21. The zero-order chi connectivity index (χ0) is 11.1. The van der Waals surface area contributed by atoms with Crippen LogP contribution in [0.4, 0.5) is 5.82 Å². The van der Waals surface area contributed by atoms with Crippen molar-refractivity contribution in [2.24, 2.45) is 0 Å². The first kappa shape index (κ1) is 11.4. The number of terminal acetylenes is 1. The molecule has 3 heteroatoms. The van der Waals surface area contributed by atoms with E-state index in [2.05, 4.69) is 23.1 Å². The fraction of sp³-hybridized carbons (Fsp3) is 0.417. The lowest BCUT2D eigenvalue weighted by Gasteiger charge is -2.16. The van der Waals surface area contributed by atoms with Gasteiger partial charge >= 0.3 is 0 Å². The van der Waals surface area contributed by atoms with E-state index >= 15 is 0 Å². The highest BCUT2D eigenvalue weighted by molar-refractivity contribution is 5.50. The molecule has 0 saturated carbocycles. The van der Waals surface area contributed by atoms with Crippen LogP contribution in [-0.2, 0) is 0 Å². The van der Waals surface area contributed by atoms with Gasteiger partial charge in [0.25, 0.3) is 0 Å². The molecule has 1 aromatic heterocycles. The van der Waals surface area contributed by atoms with Crippen molar-refractivity contribution < 1.29 is 4.74 Å². The predicted molar refractivity (Wildman–Crippen MR) is 61.9 cm³/mol. The number of pyridine rings is 1. The normalized spacial score (nSPS) is 11.5. The van der Waals surface area contributed by atoms with Crippen molar-refractivity contribution in [3.05, 3.63) is 18.3 Å². The van der Waals surface area contributed by atoms with Gasteiger partial charge in [-0.05, 0) is 18.6 Å². The summed E-state index contributed by atoms with van der Waals surface area (Å²) in [5, 5.41) is 3.27. The van der Waals surface area contributed by atoms with Gasteiger partial charge in [-0.3, -0.25) is 0 Å². The third kappa shape index (κ3) is 3.17. The maximum absolute atomic E-state index is 5.29. The molecule has 80 valence electrons. The Balaban J connectivity index is 2.74. The third-order valence-electron chi connectivity index (χ3n) is 2.19. The lowest BCUT2D eigenvalue weighted by Crippen LogP contribution is -2.18. The second-order valence-corrected chi connectivity index (χ2v) is 3.21. The summed E-state index contributed by atoms with van der Waals surface area (Å²) in [6.07, 6.45) is 8.67. The number of methoxy groups -OCH3 is 1. The molecular weight excluding hydrogens is 188 g/mol. The van der Waals surface area contributed by atoms with Gasteiger partial charge in [0.2, 0.25) is 0 Å². The molecule has 1 rings (SSSR count). The number of anilines is 1. The van der Waals surface area contributed by atoms with E-state index in [0.29, 0.717) is 6.42 Å². The van der Waals surface area contributed by atoms with Crippen molar-refractivity contribution in [2.45, 2.75) is 25.8 Å². The Morgan fingerprint density at radius 3 is 3.07 bits per heavy atom. The van der Waals surface area contributed by atoms with Crippen LogP contribution in [0, 0.1) is 12.3 Å². The van der Waals surface area contributed by atoms with Gasteiger partial charge in [0, 0.05) is 18.7 Å². The molecule has 0 saturated heterocycles. The van der Waals surface area contributed by atoms with Crippen molar-refractivity contribution in [2.75, 3.05) is 12.4 Å². The Bertz CT molecular complexity index is 344. The van der Waals surface area contributed by atoms with E-state index < -0.39 is 0 Å². The molecule has 1 unspecified atom stereocenters. The number of aromatic nitrogens is 1. The summed E-state index contributed by atoms with van der Waals surface area (Å²) in [5.74, 6) is 4.14. The maximum Gasteiger partial charge on any atom is 0.168 e. The molecule has 0 aliphatic carbocycles. The molecule has 0 spiro atoms. The van der Waals surface area contributed by atoms with Crippen LogP contribution in [0.15, 0.2) is 18.3 Å². The fourth-order valence-corrected chi connectivity index (χ4v) is 1.30. The molecule has 15 heavy (non-hydrogen) atoms. The van der Waals surface area contributed by atoms with Gasteiger partial charge < -0.3 is 10.1 Å². The summed E-state index contributed by atoms with van der Waals surface area (Å²) in [6.45, 7) is 2.09. The summed E-state index contributed by atoms with van der Waals surface area (Å²) >= 11 is 0. The van der Waals surface area contributed by atoms with Crippen LogP contribution in [0.2, 0.25) is 0 Å². The molecule has 0 radical (unpaired) electrons. The van der Waals surface area contributed by atoms with Crippen molar-refractivity contribution in [1.82, 2.24) is 4.98 Å². The van der Waals surface area contributed by atoms with Crippen molar-refractivity contribution in [3.63, 3.8) is 0 Å². The van der Waals surface area contributed by atoms with E-state index in [1.807, 2.05) is 12.1 Å². The van der Waals surface area contributed by atoms with Gasteiger partial charge in [-0.2, -0.15) is 0 Å². The Morgan fingerprint density at radius 2 is 2.47 bits per heavy atom. The van der Waals surface area contributed by atoms with Crippen LogP contribution in [0.1, 0.15) is 19.8 Å². The monoisotopic (exact) mass is 204 g/mol. The van der Waals surface area contributed by atoms with Gasteiger partial charge in [0.05, 0.1) is 7.11 Å². The van der Waals surface area contributed by atoms with Crippen molar-refractivity contribution in [1.29, 1.82) is 0 Å². The summed E-state index contributed by atoms with van der Waals surface area (Å²) in [5.41, 5.74) is 0. The number of nitrogens with one attached hydrogen (secondary N) is 1. The van der Waals surface area contributed by atoms with Crippen LogP contribution >= 0.6 is 0 Å². The van der Waals surface area contributed by atoms with Gasteiger partial charge in [-0.1, -0.05) is 6.92 Å². The summed E-state index contributed by atoms with van der Waals surface area (Å²) in [4.78, 5) is 4.21. The number of ether oxygens (including phenoxy) is 1. The van der Waals surface area contributed by atoms with Gasteiger partial charge in [-0.25, -0.2) is 4.98 Å². The highest BCUT2D eigenvalue weighted by Gasteiger charge is 2.08. The summed E-state index contributed by atoms with van der Waals surface area (Å²) in [7, 11) is 1.63. The number of hydrogen-bond donors (Lipinski definition) is 1. The Labute approximate surface area is 90.9 Å². The van der Waals surface area contributed by atoms with Gasteiger partial charge in [-0.15, -0.1) is 12.3 Å². The van der Waals surface area contributed by atoms with Crippen molar-refractivity contribution in [3.8, 4) is 18.1 Å². The van der Waals surface area contributed by atoms with Crippen molar-refractivity contribution >= 4 is 5.82 Å². The standard InChI is InChI=1S/C12H16N2O/c1-4-7-10(5-2)14-12-11(15-3)8-6-9-13-12/h1,6,8-10H,5,7H2,2-3H3,(H,13,14). The Hall–Kier alpha value is -1.69. The van der Waals surface area contributed by atoms with Crippen LogP contribution in [0.5, 0.6) is 5.75 Å². The molecule has 0 aliphatic rings. The van der Waals surface area contributed by atoms with E-state index in [1.165, 1.54) is 0 Å². The maximum atomic E-state index is 5.29. The minimum atomic E-state index is 0.249. The van der Waals surface area contributed by atoms with Gasteiger partial charge in [0.15, 0.2) is 11.6 Å². The number of rotatable bonds is 5. The lowest BCUT2D eigenvalue weighted by molar-refractivity contribution is 0.414. The quantitative estimate of drug-likeness (QED) is 0.747. The second kappa shape index (κ2) is 5.92. The molecule has 0 amide bonds. The Morgan fingerprint density at radius 1 is 1.67 bits per heavy atom. The van der Waals surface area contributed by atoms with E-state index in [-0.39, 0.29) is 6.04 Å². The van der Waals surface area contributed by atoms with Crippen LogP contribution in [0.3, 0.4) is 0 Å². The van der Waals surface area contributed by atoms with E-state index in [9.17, 15) is 0 Å². The fourth-order valence-electron chi connectivity index (χ4n) is 1.30. The van der Waals surface area contributed by atoms with E-state index in [4.69, 9.17) is 11.2 Å². The van der Waals surface area contributed by atoms with E-state index in [1.54, 1.807) is 13.3 Å². The number of nitrogens with zero attached hydrogens (tertiary/aromatic N) is 1. The Kier molecular flexibility index (Phi) is 4.49. The average Bonchev–Trinajstić information content (AvgIpc) is 2.29. The zero-order valence-electron chi connectivity index (χ0n) is 9.16. The van der Waals surface area contributed by atoms with E-state index in [0.717, 1.165) is 18.0 Å². The average molecular weight is 204 g/mol. The first-order valence-corrected chi connectivity index (χ1v) is 5.00. The smallest absolute Gasteiger partial charge is 0.168 e. The predicted octanol–water partition coefficient (Wildman–Crippen LogP) is 2.30. The largest absolute Gasteiger partial charge is 0.493 e. The lowest BCUT2D eigenvalue weighted by atomic mass is 10.1. The summed E-state index contributed by atoms with van der Waals surface area (Å²) in [6, 6.07) is 3.96. The minimum absolute atomic E-state index is 0.249. The molecule has 1 aromatic rings. The molecular formula is C12H16N2O. The highest BCUT2D eigenvalue weighted by Crippen LogP contribution is 2.21. The van der Waals surface area contributed by atoms with Crippen LogP contribution in [0.25, 0.3) is 0 Å². The van der Waals surface area contributed by atoms with Gasteiger partial charge in [0.1, 0.15) is 0 Å². The summed E-state index contributed by atoms with van der Waals surface area (Å²) < 4.78 is 5.19. The molecule has 0 bridgehead atoms. The molecule has 3 nitrogen and oxygen atoms in total. The molecule has 1 N–H and O–H groups in total. The SMILES string of the molecule is C#CCC(CC)Nc1ncccc1OC. The van der Waals surface area contributed by atoms with Crippen LogP contribution in [-0.4, -0.2) is 18.1 Å². The number of hydrogen-bond acceptors (Lipinski definition) is 3. The minimum Gasteiger partial charge on any atom is -0.493 e. The zero-order valence-corrected chi connectivity index (χ0v) is 9.16. The van der Waals surface area contributed by atoms with Crippen LogP contribution < -0.4 is 10.1 Å². The molecule has 0 fully saturated rings. The molecule has 0 aromatic carbocycles. The first-order valence-electron chi connectivity index (χ1n) is 5.00. The molecule has 1 heterocycles. The third-order valence-corrected chi connectivity index (χ3v) is 2.19. The molecule has 0 aliphatic heterocycles.